The minimum Gasteiger partial charge on any atom is -0.354 e. The molecule has 8 heteroatoms. The van der Waals surface area contributed by atoms with Gasteiger partial charge in [-0.15, -0.1) is 0 Å². The van der Waals surface area contributed by atoms with E-state index in [1.807, 2.05) is 6.20 Å². The Labute approximate surface area is 138 Å². The van der Waals surface area contributed by atoms with Gasteiger partial charge in [0.1, 0.15) is 0 Å². The largest absolute Gasteiger partial charge is 0.354 e. The van der Waals surface area contributed by atoms with Gasteiger partial charge in [0, 0.05) is 25.8 Å². The van der Waals surface area contributed by atoms with Crippen LogP contribution in [0.3, 0.4) is 0 Å². The summed E-state index contributed by atoms with van der Waals surface area (Å²) in [5.41, 5.74) is 0. The smallest absolute Gasteiger partial charge is 0.257 e. The lowest BCUT2D eigenvalue weighted by Gasteiger charge is -2.19. The Morgan fingerprint density at radius 1 is 1.19 bits per heavy atom. The maximum atomic E-state index is 4.53. The molecule has 7 nitrogen and oxygen atoms in total. The molecule has 2 heterocycles. The molecule has 0 unspecified atom stereocenters. The zero-order valence-electron chi connectivity index (χ0n) is 12.5. The van der Waals surface area contributed by atoms with Crippen molar-refractivity contribution in [2.45, 2.75) is 27.2 Å². The quantitative estimate of drug-likeness (QED) is 0.719. The van der Waals surface area contributed by atoms with E-state index < -0.39 is 0 Å². The summed E-state index contributed by atoms with van der Waals surface area (Å²) < 4.78 is 2.72. The zero-order chi connectivity index (χ0) is 15.2. The Bertz CT molecular complexity index is 580. The summed E-state index contributed by atoms with van der Waals surface area (Å²) in [5.74, 6) is 1.80. The fourth-order valence-corrected chi connectivity index (χ4v) is 2.22. The van der Waals surface area contributed by atoms with Crippen molar-refractivity contribution in [2.75, 3.05) is 29.9 Å². The molecule has 0 aliphatic rings. The highest BCUT2D eigenvalue weighted by molar-refractivity contribution is 14.1. The Morgan fingerprint density at radius 3 is 2.52 bits per heavy atom. The number of hydrogen-bond donors (Lipinski definition) is 1. The third kappa shape index (κ3) is 4.02. The van der Waals surface area contributed by atoms with Crippen molar-refractivity contribution in [1.29, 1.82) is 0 Å². The molecule has 0 saturated carbocycles. The molecule has 0 aliphatic heterocycles. The second kappa shape index (κ2) is 7.53. The van der Waals surface area contributed by atoms with Crippen molar-refractivity contribution >= 4 is 34.5 Å². The van der Waals surface area contributed by atoms with E-state index in [0.717, 1.165) is 29.6 Å². The molecule has 0 fully saturated rings. The summed E-state index contributed by atoms with van der Waals surface area (Å²) in [6.07, 6.45) is 4.69. The molecule has 114 valence electrons. The minimum absolute atomic E-state index is 0.536. The molecule has 0 aliphatic carbocycles. The predicted octanol–water partition coefficient (Wildman–Crippen LogP) is 2.33. The Kier molecular flexibility index (Phi) is 5.71. The van der Waals surface area contributed by atoms with Crippen LogP contribution in [0.2, 0.25) is 0 Å². The first-order valence-electron chi connectivity index (χ1n) is 7.13. The highest BCUT2D eigenvalue weighted by Gasteiger charge is 2.12. The molecule has 2 aromatic heterocycles. The highest BCUT2D eigenvalue weighted by atomic mass is 127. The van der Waals surface area contributed by atoms with Crippen LogP contribution in [0.15, 0.2) is 12.4 Å². The van der Waals surface area contributed by atoms with Gasteiger partial charge < -0.3 is 10.2 Å². The van der Waals surface area contributed by atoms with Crippen molar-refractivity contribution in [1.82, 2.24) is 24.7 Å². The maximum absolute atomic E-state index is 4.53. The zero-order valence-corrected chi connectivity index (χ0v) is 14.7. The lowest BCUT2D eigenvalue weighted by Crippen LogP contribution is -2.26. The third-order valence-corrected chi connectivity index (χ3v) is 3.50. The highest BCUT2D eigenvalue weighted by Crippen LogP contribution is 2.14. The fraction of sp³-hybridized carbons (Fsp3) is 0.538. The Morgan fingerprint density at radius 2 is 1.95 bits per heavy atom. The fourth-order valence-electron chi connectivity index (χ4n) is 1.83. The van der Waals surface area contributed by atoms with Gasteiger partial charge in [-0.05, 0) is 42.9 Å². The first-order chi connectivity index (χ1) is 10.2. The molecule has 0 saturated heterocycles. The van der Waals surface area contributed by atoms with Crippen LogP contribution < -0.4 is 10.2 Å². The summed E-state index contributed by atoms with van der Waals surface area (Å²) >= 11 is 2.21. The van der Waals surface area contributed by atoms with E-state index in [-0.39, 0.29) is 0 Å². The Hall–Kier alpha value is -1.45. The van der Waals surface area contributed by atoms with E-state index in [0.29, 0.717) is 17.8 Å². The van der Waals surface area contributed by atoms with Gasteiger partial charge in [-0.25, -0.2) is 4.68 Å². The van der Waals surface area contributed by atoms with Crippen molar-refractivity contribution in [3.05, 3.63) is 16.0 Å². The molecule has 2 aromatic rings. The Balaban J connectivity index is 2.41. The van der Waals surface area contributed by atoms with E-state index in [2.05, 4.69) is 73.6 Å². The second-order valence-electron chi connectivity index (χ2n) is 4.46. The van der Waals surface area contributed by atoms with Crippen LogP contribution in [-0.2, 0) is 0 Å². The summed E-state index contributed by atoms with van der Waals surface area (Å²) in [5, 5.41) is 7.49. The first-order valence-corrected chi connectivity index (χ1v) is 8.21. The monoisotopic (exact) mass is 401 g/mol. The molecular formula is C13H20IN7. The van der Waals surface area contributed by atoms with Crippen LogP contribution in [0.25, 0.3) is 5.95 Å². The summed E-state index contributed by atoms with van der Waals surface area (Å²) in [4.78, 5) is 15.6. The third-order valence-electron chi connectivity index (χ3n) is 2.95. The van der Waals surface area contributed by atoms with Gasteiger partial charge in [0.05, 0.1) is 9.77 Å². The van der Waals surface area contributed by atoms with Crippen molar-refractivity contribution in [2.24, 2.45) is 0 Å². The minimum atomic E-state index is 0.536. The van der Waals surface area contributed by atoms with Crippen molar-refractivity contribution in [3.63, 3.8) is 0 Å². The van der Waals surface area contributed by atoms with E-state index in [1.165, 1.54) is 0 Å². The summed E-state index contributed by atoms with van der Waals surface area (Å²) in [7, 11) is 0. The SMILES string of the molecule is CCCNc1nc(N(CC)CC)nc(-n2cc(I)cn2)n1. The molecule has 0 radical (unpaired) electrons. The number of anilines is 2. The second-order valence-corrected chi connectivity index (χ2v) is 5.71. The van der Waals surface area contributed by atoms with Crippen LogP contribution >= 0.6 is 22.6 Å². The lowest BCUT2D eigenvalue weighted by atomic mass is 10.5. The normalized spacial score (nSPS) is 10.7. The van der Waals surface area contributed by atoms with Crippen LogP contribution in [-0.4, -0.2) is 44.4 Å². The molecule has 0 atom stereocenters. The van der Waals surface area contributed by atoms with Gasteiger partial charge in [-0.3, -0.25) is 0 Å². The standard InChI is InChI=1S/C13H20IN7/c1-4-7-15-11-17-12(20(5-2)6-3)19-13(18-11)21-9-10(14)8-16-21/h8-9H,4-7H2,1-3H3,(H,15,17,18,19). The van der Waals surface area contributed by atoms with Gasteiger partial charge in [-0.2, -0.15) is 20.1 Å². The maximum Gasteiger partial charge on any atom is 0.257 e. The summed E-state index contributed by atoms with van der Waals surface area (Å²) in [6.45, 7) is 8.81. The number of halogens is 1. The molecule has 0 aromatic carbocycles. The van der Waals surface area contributed by atoms with Crippen LogP contribution in [0.5, 0.6) is 0 Å². The van der Waals surface area contributed by atoms with Crippen LogP contribution in [0, 0.1) is 3.57 Å². The molecular weight excluding hydrogens is 381 g/mol. The first kappa shape index (κ1) is 15.9. The van der Waals surface area contributed by atoms with Gasteiger partial charge in [0.2, 0.25) is 11.9 Å². The molecule has 2 rings (SSSR count). The van der Waals surface area contributed by atoms with Crippen molar-refractivity contribution in [3.8, 4) is 5.95 Å². The topological polar surface area (TPSA) is 71.8 Å². The summed E-state index contributed by atoms with van der Waals surface area (Å²) in [6, 6.07) is 0. The van der Waals surface area contributed by atoms with E-state index >= 15 is 0 Å². The van der Waals surface area contributed by atoms with Crippen LogP contribution in [0.4, 0.5) is 11.9 Å². The molecule has 21 heavy (non-hydrogen) atoms. The van der Waals surface area contributed by atoms with Gasteiger partial charge in [-0.1, -0.05) is 6.92 Å². The molecule has 0 spiro atoms. The lowest BCUT2D eigenvalue weighted by molar-refractivity contribution is 0.760. The van der Waals surface area contributed by atoms with Gasteiger partial charge >= 0.3 is 0 Å². The van der Waals surface area contributed by atoms with E-state index in [4.69, 9.17) is 0 Å². The average Bonchev–Trinajstić information content (AvgIpc) is 2.93. The average molecular weight is 401 g/mol. The van der Waals surface area contributed by atoms with Gasteiger partial charge in [0.15, 0.2) is 0 Å². The predicted molar refractivity (Wildman–Crippen MR) is 92.0 cm³/mol. The van der Waals surface area contributed by atoms with E-state index in [9.17, 15) is 0 Å². The molecule has 1 N–H and O–H groups in total. The number of aromatic nitrogens is 5. The number of hydrogen-bond acceptors (Lipinski definition) is 6. The van der Waals surface area contributed by atoms with E-state index in [1.54, 1.807) is 10.9 Å². The number of nitrogens with zero attached hydrogens (tertiary/aromatic N) is 6. The van der Waals surface area contributed by atoms with Gasteiger partial charge in [0.25, 0.3) is 5.95 Å². The number of nitrogens with one attached hydrogen (secondary N) is 1. The number of rotatable bonds is 7. The molecule has 0 amide bonds. The molecule has 0 bridgehead atoms. The van der Waals surface area contributed by atoms with Crippen LogP contribution in [0.1, 0.15) is 27.2 Å². The van der Waals surface area contributed by atoms with Crippen molar-refractivity contribution < 1.29 is 0 Å².